The van der Waals surface area contributed by atoms with Gasteiger partial charge in [-0.2, -0.15) is 0 Å². The van der Waals surface area contributed by atoms with Crippen molar-refractivity contribution in [3.8, 4) is 0 Å². The molecule has 1 rings (SSSR count). The van der Waals surface area contributed by atoms with Crippen molar-refractivity contribution < 1.29 is 0 Å². The molecule has 0 spiro atoms. The molecule has 0 amide bonds. The van der Waals surface area contributed by atoms with E-state index in [1.54, 1.807) is 0 Å². The summed E-state index contributed by atoms with van der Waals surface area (Å²) in [5.74, 6) is 0. The molecule has 0 saturated heterocycles. The highest BCUT2D eigenvalue weighted by Crippen LogP contribution is 2.20. The standard InChI is InChI=1S/C10H16BrNS/c1-8(2)12(3)5-4-10-6-9(11)7-13-10/h6-8H,4-5H2,1-3H3. The van der Waals surface area contributed by atoms with E-state index in [0.29, 0.717) is 6.04 Å². The molecule has 0 unspecified atom stereocenters. The van der Waals surface area contributed by atoms with Crippen LogP contribution in [0, 0.1) is 0 Å². The number of halogens is 1. The Morgan fingerprint density at radius 2 is 2.23 bits per heavy atom. The van der Waals surface area contributed by atoms with Gasteiger partial charge in [0.2, 0.25) is 0 Å². The molecule has 13 heavy (non-hydrogen) atoms. The second kappa shape index (κ2) is 5.13. The molecule has 0 aliphatic heterocycles. The molecule has 0 fully saturated rings. The first-order valence-electron chi connectivity index (χ1n) is 4.52. The van der Waals surface area contributed by atoms with Crippen LogP contribution in [0.25, 0.3) is 0 Å². The summed E-state index contributed by atoms with van der Waals surface area (Å²) in [6.45, 7) is 5.60. The summed E-state index contributed by atoms with van der Waals surface area (Å²) in [6.07, 6.45) is 1.16. The third-order valence-electron chi connectivity index (χ3n) is 2.21. The van der Waals surface area contributed by atoms with E-state index in [2.05, 4.69) is 53.2 Å². The van der Waals surface area contributed by atoms with E-state index in [1.165, 1.54) is 9.35 Å². The lowest BCUT2D eigenvalue weighted by molar-refractivity contribution is 0.278. The topological polar surface area (TPSA) is 3.24 Å². The Morgan fingerprint density at radius 1 is 1.54 bits per heavy atom. The molecule has 0 saturated carbocycles. The van der Waals surface area contributed by atoms with Gasteiger partial charge in [-0.15, -0.1) is 11.3 Å². The zero-order chi connectivity index (χ0) is 9.84. The Labute approximate surface area is 92.9 Å². The second-order valence-electron chi connectivity index (χ2n) is 3.56. The number of likely N-dealkylation sites (N-methyl/N-ethyl adjacent to an activating group) is 1. The minimum atomic E-state index is 0.642. The number of thiophene rings is 1. The Balaban J connectivity index is 2.35. The van der Waals surface area contributed by atoms with Crippen LogP contribution >= 0.6 is 27.3 Å². The van der Waals surface area contributed by atoms with Gasteiger partial charge in [0.25, 0.3) is 0 Å². The van der Waals surface area contributed by atoms with Crippen molar-refractivity contribution in [2.24, 2.45) is 0 Å². The molecule has 0 radical (unpaired) electrons. The van der Waals surface area contributed by atoms with E-state index in [0.717, 1.165) is 13.0 Å². The Morgan fingerprint density at radius 3 is 2.69 bits per heavy atom. The van der Waals surface area contributed by atoms with E-state index >= 15 is 0 Å². The lowest BCUT2D eigenvalue weighted by atomic mass is 10.3. The van der Waals surface area contributed by atoms with Crippen LogP contribution in [0.2, 0.25) is 0 Å². The fourth-order valence-electron chi connectivity index (χ4n) is 1.03. The van der Waals surface area contributed by atoms with E-state index in [4.69, 9.17) is 0 Å². The number of nitrogens with zero attached hydrogens (tertiary/aromatic N) is 1. The summed E-state index contributed by atoms with van der Waals surface area (Å²) in [5, 5.41) is 2.14. The molecule has 0 aromatic carbocycles. The van der Waals surface area contributed by atoms with Crippen LogP contribution in [0.3, 0.4) is 0 Å². The zero-order valence-electron chi connectivity index (χ0n) is 8.38. The molecule has 0 atom stereocenters. The number of hydrogen-bond acceptors (Lipinski definition) is 2. The Kier molecular flexibility index (Phi) is 4.42. The molecule has 0 bridgehead atoms. The molecular weight excluding hydrogens is 246 g/mol. The predicted octanol–water partition coefficient (Wildman–Crippen LogP) is 3.39. The fraction of sp³-hybridized carbons (Fsp3) is 0.600. The Hall–Kier alpha value is 0.140. The first kappa shape index (κ1) is 11.2. The molecule has 1 aromatic heterocycles. The first-order chi connectivity index (χ1) is 6.09. The van der Waals surface area contributed by atoms with E-state index < -0.39 is 0 Å². The van der Waals surface area contributed by atoms with Crippen molar-refractivity contribution >= 4 is 27.3 Å². The minimum absolute atomic E-state index is 0.642. The van der Waals surface area contributed by atoms with Gasteiger partial charge in [0.1, 0.15) is 0 Å². The monoisotopic (exact) mass is 261 g/mol. The van der Waals surface area contributed by atoms with Gasteiger partial charge in [-0.05, 0) is 49.3 Å². The molecule has 0 aliphatic rings. The summed E-state index contributed by atoms with van der Waals surface area (Å²) >= 11 is 5.29. The van der Waals surface area contributed by atoms with Gasteiger partial charge >= 0.3 is 0 Å². The molecule has 0 N–H and O–H groups in total. The zero-order valence-corrected chi connectivity index (χ0v) is 10.8. The maximum absolute atomic E-state index is 3.46. The summed E-state index contributed by atoms with van der Waals surface area (Å²) in [7, 11) is 2.17. The average molecular weight is 262 g/mol. The molecule has 3 heteroatoms. The lowest BCUT2D eigenvalue weighted by Gasteiger charge is -2.20. The van der Waals surface area contributed by atoms with Gasteiger partial charge in [0, 0.05) is 27.3 Å². The van der Waals surface area contributed by atoms with Gasteiger partial charge < -0.3 is 4.90 Å². The minimum Gasteiger partial charge on any atom is -0.304 e. The Bertz CT molecular complexity index is 257. The van der Waals surface area contributed by atoms with Gasteiger partial charge in [-0.1, -0.05) is 0 Å². The summed E-state index contributed by atoms with van der Waals surface area (Å²) < 4.78 is 1.21. The average Bonchev–Trinajstić information content (AvgIpc) is 2.47. The maximum Gasteiger partial charge on any atom is 0.0285 e. The van der Waals surface area contributed by atoms with Gasteiger partial charge in [-0.25, -0.2) is 0 Å². The molecule has 1 nitrogen and oxygen atoms in total. The van der Waals surface area contributed by atoms with Gasteiger partial charge in [0.15, 0.2) is 0 Å². The van der Waals surface area contributed by atoms with Crippen molar-refractivity contribution in [1.82, 2.24) is 4.90 Å². The predicted molar refractivity (Wildman–Crippen MR) is 63.5 cm³/mol. The highest BCUT2D eigenvalue weighted by Gasteiger charge is 2.04. The fourth-order valence-corrected chi connectivity index (χ4v) is 2.47. The SMILES string of the molecule is CC(C)N(C)CCc1cc(Br)cs1. The molecule has 0 aliphatic carbocycles. The molecule has 74 valence electrons. The smallest absolute Gasteiger partial charge is 0.0285 e. The van der Waals surface area contributed by atoms with Crippen molar-refractivity contribution in [2.75, 3.05) is 13.6 Å². The van der Waals surface area contributed by atoms with Crippen LogP contribution in [-0.4, -0.2) is 24.5 Å². The first-order valence-corrected chi connectivity index (χ1v) is 6.20. The highest BCUT2D eigenvalue weighted by molar-refractivity contribution is 9.10. The second-order valence-corrected chi connectivity index (χ2v) is 5.47. The van der Waals surface area contributed by atoms with E-state index in [9.17, 15) is 0 Å². The van der Waals surface area contributed by atoms with Crippen LogP contribution in [0.1, 0.15) is 18.7 Å². The number of hydrogen-bond donors (Lipinski definition) is 0. The molecule has 1 heterocycles. The summed E-state index contributed by atoms with van der Waals surface area (Å²) in [4.78, 5) is 3.83. The molecular formula is C10H16BrNS. The van der Waals surface area contributed by atoms with Crippen molar-refractivity contribution in [3.05, 3.63) is 20.8 Å². The van der Waals surface area contributed by atoms with Crippen LogP contribution in [0.15, 0.2) is 15.9 Å². The van der Waals surface area contributed by atoms with Crippen LogP contribution in [0.5, 0.6) is 0 Å². The molecule has 1 aromatic rings. The van der Waals surface area contributed by atoms with Crippen molar-refractivity contribution in [3.63, 3.8) is 0 Å². The third-order valence-corrected chi connectivity index (χ3v) is 3.97. The number of rotatable bonds is 4. The highest BCUT2D eigenvalue weighted by atomic mass is 79.9. The van der Waals surface area contributed by atoms with E-state index in [1.807, 2.05) is 11.3 Å². The normalized spacial score (nSPS) is 11.5. The summed E-state index contributed by atoms with van der Waals surface area (Å²) in [5.41, 5.74) is 0. The largest absolute Gasteiger partial charge is 0.304 e. The van der Waals surface area contributed by atoms with Crippen LogP contribution in [0.4, 0.5) is 0 Å². The van der Waals surface area contributed by atoms with Crippen LogP contribution < -0.4 is 0 Å². The summed E-state index contributed by atoms with van der Waals surface area (Å²) in [6, 6.07) is 2.85. The maximum atomic E-state index is 3.46. The van der Waals surface area contributed by atoms with E-state index in [-0.39, 0.29) is 0 Å². The lowest BCUT2D eigenvalue weighted by Crippen LogP contribution is -2.28. The van der Waals surface area contributed by atoms with Gasteiger partial charge in [-0.3, -0.25) is 0 Å². The van der Waals surface area contributed by atoms with Crippen molar-refractivity contribution in [2.45, 2.75) is 26.3 Å². The quantitative estimate of drug-likeness (QED) is 0.804. The van der Waals surface area contributed by atoms with Gasteiger partial charge in [0.05, 0.1) is 0 Å². The van der Waals surface area contributed by atoms with Crippen molar-refractivity contribution in [1.29, 1.82) is 0 Å². The third kappa shape index (κ3) is 3.79. The van der Waals surface area contributed by atoms with Crippen LogP contribution in [-0.2, 0) is 6.42 Å².